The zero-order valence-corrected chi connectivity index (χ0v) is 27.2. The monoisotopic (exact) mass is 634 g/mol. The molecule has 2 nitrogen and oxygen atoms in total. The first kappa shape index (κ1) is 28.4. The standard InChI is InChI=1S/C48H30N2/c1-2-10-35(11-3-1)45-30-46(38-26-21-31-9-4-5-12-37(31)29-38)50-48(49-45)36-24-19-33(20-25-36)32-17-22-34(23-18-32)39-27-28-44-41-14-7-6-13-40(41)43-16-8-15-42(39)47(43)44/h1-30H. The molecule has 1 aliphatic carbocycles. The van der Waals surface area contributed by atoms with Gasteiger partial charge in [-0.2, -0.15) is 0 Å². The Kier molecular flexibility index (Phi) is 6.53. The molecule has 2 heteroatoms. The molecule has 0 fully saturated rings. The van der Waals surface area contributed by atoms with E-state index in [1.54, 1.807) is 0 Å². The van der Waals surface area contributed by atoms with E-state index in [2.05, 4.69) is 176 Å². The molecule has 50 heavy (non-hydrogen) atoms. The summed E-state index contributed by atoms with van der Waals surface area (Å²) < 4.78 is 0. The maximum atomic E-state index is 5.10. The average Bonchev–Trinajstić information content (AvgIpc) is 3.53. The van der Waals surface area contributed by atoms with Gasteiger partial charge in [0.1, 0.15) is 0 Å². The highest BCUT2D eigenvalue weighted by atomic mass is 14.9. The van der Waals surface area contributed by atoms with Gasteiger partial charge in [-0.15, -0.1) is 0 Å². The number of benzene rings is 8. The van der Waals surface area contributed by atoms with E-state index in [9.17, 15) is 0 Å². The van der Waals surface area contributed by atoms with Gasteiger partial charge in [-0.3, -0.25) is 0 Å². The van der Waals surface area contributed by atoms with E-state index >= 15 is 0 Å². The summed E-state index contributed by atoms with van der Waals surface area (Å²) >= 11 is 0. The van der Waals surface area contributed by atoms with Crippen molar-refractivity contribution in [1.82, 2.24) is 9.97 Å². The smallest absolute Gasteiger partial charge is 0.160 e. The molecule has 8 aromatic carbocycles. The van der Waals surface area contributed by atoms with Crippen molar-refractivity contribution in [2.45, 2.75) is 0 Å². The lowest BCUT2D eigenvalue weighted by atomic mass is 9.93. The summed E-state index contributed by atoms with van der Waals surface area (Å²) in [5.74, 6) is 0.714. The molecule has 0 bridgehead atoms. The van der Waals surface area contributed by atoms with Crippen molar-refractivity contribution in [3.63, 3.8) is 0 Å². The largest absolute Gasteiger partial charge is 0.228 e. The third-order valence-electron chi connectivity index (χ3n) is 10.1. The summed E-state index contributed by atoms with van der Waals surface area (Å²) in [6.07, 6.45) is 0. The number of nitrogens with zero attached hydrogens (tertiary/aromatic N) is 2. The summed E-state index contributed by atoms with van der Waals surface area (Å²) in [7, 11) is 0. The number of rotatable bonds is 5. The molecule has 0 aliphatic heterocycles. The lowest BCUT2D eigenvalue weighted by molar-refractivity contribution is 1.18. The van der Waals surface area contributed by atoms with E-state index in [-0.39, 0.29) is 0 Å². The van der Waals surface area contributed by atoms with Gasteiger partial charge in [0.2, 0.25) is 0 Å². The molecule has 0 atom stereocenters. The molecule has 0 radical (unpaired) electrons. The fourth-order valence-electron chi connectivity index (χ4n) is 7.54. The predicted molar refractivity (Wildman–Crippen MR) is 209 cm³/mol. The van der Waals surface area contributed by atoms with Crippen LogP contribution in [-0.4, -0.2) is 9.97 Å². The zero-order valence-electron chi connectivity index (χ0n) is 27.2. The highest BCUT2D eigenvalue weighted by Gasteiger charge is 2.22. The van der Waals surface area contributed by atoms with Crippen LogP contribution in [0, 0.1) is 0 Å². The molecule has 1 heterocycles. The van der Waals surface area contributed by atoms with Crippen LogP contribution in [0.15, 0.2) is 182 Å². The topological polar surface area (TPSA) is 25.8 Å². The lowest BCUT2D eigenvalue weighted by Gasteiger charge is -2.12. The molecule has 1 aromatic heterocycles. The fraction of sp³-hybridized carbons (Fsp3) is 0. The predicted octanol–water partition coefficient (Wildman–Crippen LogP) is 12.8. The lowest BCUT2D eigenvalue weighted by Crippen LogP contribution is -1.96. The molecular weight excluding hydrogens is 605 g/mol. The quantitative estimate of drug-likeness (QED) is 0.188. The van der Waals surface area contributed by atoms with Gasteiger partial charge in [-0.05, 0) is 78.2 Å². The number of aromatic nitrogens is 2. The summed E-state index contributed by atoms with van der Waals surface area (Å²) in [6, 6.07) is 65.0. The summed E-state index contributed by atoms with van der Waals surface area (Å²) in [5, 5.41) is 5.07. The Morgan fingerprint density at radius 1 is 0.280 bits per heavy atom. The van der Waals surface area contributed by atoms with Crippen molar-refractivity contribution < 1.29 is 0 Å². The van der Waals surface area contributed by atoms with Crippen LogP contribution in [0.4, 0.5) is 0 Å². The Morgan fingerprint density at radius 2 is 0.820 bits per heavy atom. The Labute approximate surface area is 291 Å². The van der Waals surface area contributed by atoms with Crippen molar-refractivity contribution in [3.8, 4) is 78.4 Å². The van der Waals surface area contributed by atoms with Crippen molar-refractivity contribution >= 4 is 21.5 Å². The van der Waals surface area contributed by atoms with Gasteiger partial charge in [0.25, 0.3) is 0 Å². The second kappa shape index (κ2) is 11.5. The van der Waals surface area contributed by atoms with Crippen LogP contribution < -0.4 is 0 Å². The number of fused-ring (bicyclic) bond motifs is 4. The Balaban J connectivity index is 0.989. The first-order chi connectivity index (χ1) is 24.8. The highest BCUT2D eigenvalue weighted by Crippen LogP contribution is 2.49. The van der Waals surface area contributed by atoms with Crippen LogP contribution in [0.25, 0.3) is 100.0 Å². The Bertz CT molecular complexity index is 2700. The summed E-state index contributed by atoms with van der Waals surface area (Å²) in [5.41, 5.74) is 15.1. The van der Waals surface area contributed by atoms with Gasteiger partial charge >= 0.3 is 0 Å². The minimum Gasteiger partial charge on any atom is -0.228 e. The first-order valence-electron chi connectivity index (χ1n) is 17.1. The van der Waals surface area contributed by atoms with Gasteiger partial charge in [0, 0.05) is 16.7 Å². The van der Waals surface area contributed by atoms with E-state index in [0.29, 0.717) is 5.82 Å². The van der Waals surface area contributed by atoms with Crippen LogP contribution in [0.5, 0.6) is 0 Å². The van der Waals surface area contributed by atoms with Crippen molar-refractivity contribution in [3.05, 3.63) is 182 Å². The van der Waals surface area contributed by atoms with E-state index in [1.807, 2.05) is 6.07 Å². The minimum atomic E-state index is 0.714. The zero-order chi connectivity index (χ0) is 33.0. The fourth-order valence-corrected chi connectivity index (χ4v) is 7.54. The molecule has 0 N–H and O–H groups in total. The van der Waals surface area contributed by atoms with Crippen molar-refractivity contribution in [1.29, 1.82) is 0 Å². The molecule has 0 saturated carbocycles. The van der Waals surface area contributed by atoms with Gasteiger partial charge < -0.3 is 0 Å². The van der Waals surface area contributed by atoms with E-state index in [4.69, 9.17) is 9.97 Å². The van der Waals surface area contributed by atoms with Gasteiger partial charge in [-0.1, -0.05) is 170 Å². The molecule has 0 saturated heterocycles. The van der Waals surface area contributed by atoms with Crippen LogP contribution >= 0.6 is 0 Å². The summed E-state index contributed by atoms with van der Waals surface area (Å²) in [4.78, 5) is 10.2. The van der Waals surface area contributed by atoms with Gasteiger partial charge in [0.15, 0.2) is 5.82 Å². The maximum Gasteiger partial charge on any atom is 0.160 e. The average molecular weight is 635 g/mol. The van der Waals surface area contributed by atoms with Crippen molar-refractivity contribution in [2.75, 3.05) is 0 Å². The minimum absolute atomic E-state index is 0.714. The summed E-state index contributed by atoms with van der Waals surface area (Å²) in [6.45, 7) is 0. The molecule has 0 amide bonds. The van der Waals surface area contributed by atoms with Crippen LogP contribution in [-0.2, 0) is 0 Å². The van der Waals surface area contributed by atoms with Crippen LogP contribution in [0.1, 0.15) is 0 Å². The third kappa shape index (κ3) is 4.73. The Morgan fingerprint density at radius 3 is 1.56 bits per heavy atom. The normalized spacial score (nSPS) is 11.6. The second-order valence-electron chi connectivity index (χ2n) is 13.0. The van der Waals surface area contributed by atoms with Gasteiger partial charge in [-0.25, -0.2) is 9.97 Å². The molecule has 9 aromatic rings. The van der Waals surface area contributed by atoms with E-state index < -0.39 is 0 Å². The first-order valence-corrected chi connectivity index (χ1v) is 17.1. The Hall–Kier alpha value is -6.64. The number of hydrogen-bond acceptors (Lipinski definition) is 2. The molecule has 0 spiro atoms. The van der Waals surface area contributed by atoms with Crippen LogP contribution in [0.3, 0.4) is 0 Å². The number of hydrogen-bond donors (Lipinski definition) is 0. The maximum absolute atomic E-state index is 5.10. The molecule has 10 rings (SSSR count). The molecule has 0 unspecified atom stereocenters. The second-order valence-corrected chi connectivity index (χ2v) is 13.0. The van der Waals surface area contributed by atoms with Gasteiger partial charge in [0.05, 0.1) is 11.4 Å². The van der Waals surface area contributed by atoms with E-state index in [1.165, 1.54) is 60.5 Å². The third-order valence-corrected chi connectivity index (χ3v) is 10.1. The molecular formula is C48H30N2. The van der Waals surface area contributed by atoms with Crippen molar-refractivity contribution in [2.24, 2.45) is 0 Å². The molecule has 232 valence electrons. The van der Waals surface area contributed by atoms with E-state index in [0.717, 1.165) is 33.6 Å². The highest BCUT2D eigenvalue weighted by molar-refractivity contribution is 6.18. The molecule has 1 aliphatic rings. The van der Waals surface area contributed by atoms with Crippen LogP contribution in [0.2, 0.25) is 0 Å². The SMILES string of the molecule is c1ccc(-c2cc(-c3ccc4ccccc4c3)nc(-c3ccc(-c4ccc(-c5ccc6c7c(cccc57)-c5ccccc5-6)cc4)cc3)n2)cc1.